The van der Waals surface area contributed by atoms with Crippen LogP contribution >= 0.6 is 34.2 Å². The summed E-state index contributed by atoms with van der Waals surface area (Å²) in [5.41, 5.74) is 1.92. The van der Waals surface area contributed by atoms with Crippen molar-refractivity contribution < 1.29 is 9.90 Å². The number of nitrogens with zero attached hydrogens (tertiary/aromatic N) is 1. The first-order chi connectivity index (χ1) is 9.97. The topological polar surface area (TPSA) is 40.5 Å². The van der Waals surface area contributed by atoms with E-state index < -0.39 is 5.97 Å². The third-order valence-corrected chi connectivity index (χ3v) is 4.25. The van der Waals surface area contributed by atoms with E-state index in [1.165, 1.54) is 0 Å². The Bertz CT molecular complexity index is 613. The summed E-state index contributed by atoms with van der Waals surface area (Å²) in [6, 6.07) is 15.3. The summed E-state index contributed by atoms with van der Waals surface area (Å²) in [4.78, 5) is 13.0. The van der Waals surface area contributed by atoms with Crippen LogP contribution in [0.25, 0.3) is 0 Å². The maximum Gasteiger partial charge on any atom is 0.323 e. The van der Waals surface area contributed by atoms with Crippen LogP contribution in [0.3, 0.4) is 0 Å². The molecule has 1 atom stereocenters. The fourth-order valence-electron chi connectivity index (χ4n) is 2.15. The lowest BCUT2D eigenvalue weighted by molar-refractivity contribution is -0.135. The van der Waals surface area contributed by atoms with Crippen LogP contribution in [-0.4, -0.2) is 17.6 Å². The third kappa shape index (κ3) is 4.35. The number of benzene rings is 2. The second-order valence-corrected chi connectivity index (χ2v) is 6.41. The summed E-state index contributed by atoms with van der Waals surface area (Å²) in [7, 11) is 0. The smallest absolute Gasteiger partial charge is 0.323 e. The molecule has 0 spiro atoms. The summed E-state index contributed by atoms with van der Waals surface area (Å²) in [5.74, 6) is -0.859. The van der Waals surface area contributed by atoms with Crippen molar-refractivity contribution in [1.82, 2.24) is 0 Å². The van der Waals surface area contributed by atoms with Gasteiger partial charge in [0, 0.05) is 14.3 Å². The number of anilines is 1. The largest absolute Gasteiger partial charge is 0.480 e. The molecule has 2 rings (SSSR count). The Balaban J connectivity index is 2.32. The van der Waals surface area contributed by atoms with Crippen LogP contribution in [0.5, 0.6) is 0 Å². The van der Waals surface area contributed by atoms with Crippen molar-refractivity contribution in [2.45, 2.75) is 13.0 Å². The SMILES string of the molecule is CC(c1ccc(I)cc1)N(CC(=O)O)c1ccc(Cl)cc1. The van der Waals surface area contributed by atoms with Gasteiger partial charge in [-0.3, -0.25) is 4.79 Å². The summed E-state index contributed by atoms with van der Waals surface area (Å²) >= 11 is 8.15. The molecule has 3 nitrogen and oxygen atoms in total. The first-order valence-corrected chi connectivity index (χ1v) is 7.92. The number of rotatable bonds is 5. The number of carbonyl (C=O) groups is 1. The van der Waals surface area contributed by atoms with Gasteiger partial charge in [0.25, 0.3) is 0 Å². The molecule has 0 heterocycles. The Labute approximate surface area is 142 Å². The van der Waals surface area contributed by atoms with Crippen molar-refractivity contribution in [3.05, 3.63) is 62.7 Å². The van der Waals surface area contributed by atoms with Crippen molar-refractivity contribution in [3.63, 3.8) is 0 Å². The first kappa shape index (κ1) is 16.1. The molecule has 2 aromatic carbocycles. The Morgan fingerprint density at radius 3 is 2.29 bits per heavy atom. The van der Waals surface area contributed by atoms with Crippen LogP contribution in [0.15, 0.2) is 48.5 Å². The van der Waals surface area contributed by atoms with E-state index in [0.29, 0.717) is 5.02 Å². The van der Waals surface area contributed by atoms with Crippen molar-refractivity contribution in [2.24, 2.45) is 0 Å². The standard InChI is InChI=1S/C16H15ClINO2/c1-11(12-2-6-14(18)7-3-12)19(10-16(20)21)15-8-4-13(17)5-9-15/h2-9,11H,10H2,1H3,(H,20,21). The first-order valence-electron chi connectivity index (χ1n) is 6.47. The zero-order valence-corrected chi connectivity index (χ0v) is 14.4. The van der Waals surface area contributed by atoms with Gasteiger partial charge < -0.3 is 10.0 Å². The van der Waals surface area contributed by atoms with Gasteiger partial charge in [0.05, 0.1) is 6.04 Å². The van der Waals surface area contributed by atoms with E-state index in [1.54, 1.807) is 12.1 Å². The van der Waals surface area contributed by atoms with E-state index in [0.717, 1.165) is 14.8 Å². The van der Waals surface area contributed by atoms with Crippen LogP contribution < -0.4 is 4.90 Å². The molecule has 110 valence electrons. The highest BCUT2D eigenvalue weighted by atomic mass is 127. The van der Waals surface area contributed by atoms with Gasteiger partial charge in [-0.05, 0) is 71.5 Å². The lowest BCUT2D eigenvalue weighted by atomic mass is 10.1. The Kier molecular flexibility index (Phi) is 5.47. The normalized spacial score (nSPS) is 12.0. The zero-order valence-electron chi connectivity index (χ0n) is 11.5. The molecule has 0 fully saturated rings. The number of halogens is 2. The van der Waals surface area contributed by atoms with Crippen LogP contribution in [0.2, 0.25) is 5.02 Å². The lowest BCUT2D eigenvalue weighted by Crippen LogP contribution is -2.32. The second-order valence-electron chi connectivity index (χ2n) is 4.73. The molecule has 1 N–H and O–H groups in total. The van der Waals surface area contributed by atoms with Gasteiger partial charge in [0.15, 0.2) is 0 Å². The van der Waals surface area contributed by atoms with E-state index >= 15 is 0 Å². The van der Waals surface area contributed by atoms with Crippen LogP contribution in [-0.2, 0) is 4.79 Å². The fourth-order valence-corrected chi connectivity index (χ4v) is 2.64. The molecule has 2 aromatic rings. The average Bonchev–Trinajstić information content (AvgIpc) is 2.46. The molecule has 1 unspecified atom stereocenters. The van der Waals surface area contributed by atoms with E-state index in [4.69, 9.17) is 11.6 Å². The zero-order chi connectivity index (χ0) is 15.4. The molecule has 0 aliphatic carbocycles. The molecule has 0 amide bonds. The third-order valence-electron chi connectivity index (χ3n) is 3.28. The number of aliphatic carboxylic acids is 1. The average molecular weight is 416 g/mol. The van der Waals surface area contributed by atoms with Gasteiger partial charge >= 0.3 is 5.97 Å². The van der Waals surface area contributed by atoms with E-state index in [-0.39, 0.29) is 12.6 Å². The van der Waals surface area contributed by atoms with Crippen molar-refractivity contribution in [3.8, 4) is 0 Å². The Morgan fingerprint density at radius 1 is 1.19 bits per heavy atom. The molecule has 0 saturated heterocycles. The van der Waals surface area contributed by atoms with Crippen molar-refractivity contribution in [2.75, 3.05) is 11.4 Å². The molecule has 0 saturated carbocycles. The highest BCUT2D eigenvalue weighted by Crippen LogP contribution is 2.28. The quantitative estimate of drug-likeness (QED) is 0.726. The van der Waals surface area contributed by atoms with Crippen molar-refractivity contribution in [1.29, 1.82) is 0 Å². The van der Waals surface area contributed by atoms with Gasteiger partial charge in [-0.1, -0.05) is 23.7 Å². The van der Waals surface area contributed by atoms with Gasteiger partial charge in [-0.15, -0.1) is 0 Å². The molecular weight excluding hydrogens is 401 g/mol. The fraction of sp³-hybridized carbons (Fsp3) is 0.188. The number of carboxylic acids is 1. The van der Waals surface area contributed by atoms with Gasteiger partial charge in [0.1, 0.15) is 6.54 Å². The number of carboxylic acid groups (broad SMARTS) is 1. The summed E-state index contributed by atoms with van der Waals surface area (Å²) in [6.45, 7) is 1.94. The molecule has 0 bridgehead atoms. The molecule has 0 aliphatic heterocycles. The van der Waals surface area contributed by atoms with Crippen LogP contribution in [0.4, 0.5) is 5.69 Å². The highest BCUT2D eigenvalue weighted by molar-refractivity contribution is 14.1. The molecule has 0 aliphatic rings. The van der Waals surface area contributed by atoms with Crippen LogP contribution in [0, 0.1) is 3.57 Å². The van der Waals surface area contributed by atoms with Gasteiger partial charge in [-0.2, -0.15) is 0 Å². The minimum Gasteiger partial charge on any atom is -0.480 e. The Morgan fingerprint density at radius 2 is 1.76 bits per heavy atom. The predicted molar refractivity (Wildman–Crippen MR) is 94.0 cm³/mol. The molecule has 21 heavy (non-hydrogen) atoms. The maximum atomic E-state index is 11.2. The van der Waals surface area contributed by atoms with Gasteiger partial charge in [0.2, 0.25) is 0 Å². The molecule has 5 heteroatoms. The monoisotopic (exact) mass is 415 g/mol. The van der Waals surface area contributed by atoms with E-state index in [1.807, 2.05) is 48.2 Å². The summed E-state index contributed by atoms with van der Waals surface area (Å²) < 4.78 is 1.15. The molecular formula is C16H15ClINO2. The second kappa shape index (κ2) is 7.13. The van der Waals surface area contributed by atoms with Gasteiger partial charge in [-0.25, -0.2) is 0 Å². The van der Waals surface area contributed by atoms with Crippen molar-refractivity contribution >= 4 is 45.8 Å². The maximum absolute atomic E-state index is 11.2. The lowest BCUT2D eigenvalue weighted by Gasteiger charge is -2.30. The van der Waals surface area contributed by atoms with Crippen LogP contribution in [0.1, 0.15) is 18.5 Å². The molecule has 0 aromatic heterocycles. The highest BCUT2D eigenvalue weighted by Gasteiger charge is 2.19. The van der Waals surface area contributed by atoms with E-state index in [9.17, 15) is 9.90 Å². The minimum absolute atomic E-state index is 0.0423. The summed E-state index contributed by atoms with van der Waals surface area (Å²) in [5, 5.41) is 9.81. The van der Waals surface area contributed by atoms with E-state index in [2.05, 4.69) is 22.6 Å². The molecule has 0 radical (unpaired) electrons. The predicted octanol–water partition coefficient (Wildman–Crippen LogP) is 4.60. The number of hydrogen-bond donors (Lipinski definition) is 1. The number of hydrogen-bond acceptors (Lipinski definition) is 2. The summed E-state index contributed by atoms with van der Waals surface area (Å²) in [6.07, 6.45) is 0. The Hall–Kier alpha value is -1.27. The minimum atomic E-state index is -0.859.